The number of benzene rings is 1. The molecule has 0 N–H and O–H groups in total. The monoisotopic (exact) mass is 172 g/mol. The lowest BCUT2D eigenvalue weighted by molar-refractivity contribution is 0.112. The van der Waals surface area contributed by atoms with Crippen LogP contribution in [0.5, 0.6) is 0 Å². The number of hydrogen-bond acceptors (Lipinski definition) is 1. The van der Waals surface area contributed by atoms with E-state index in [-0.39, 0.29) is 0 Å². The molecule has 1 aromatic carbocycles. The largest absolute Gasteiger partial charge is 0.298 e. The molecule has 0 amide bonds. The van der Waals surface area contributed by atoms with E-state index < -0.39 is 0 Å². The van der Waals surface area contributed by atoms with E-state index >= 15 is 0 Å². The molecule has 2 rings (SSSR count). The molecule has 0 heterocycles. The van der Waals surface area contributed by atoms with Crippen LogP contribution in [0.1, 0.15) is 34.3 Å². The van der Waals surface area contributed by atoms with Gasteiger partial charge in [-0.25, -0.2) is 0 Å². The Morgan fingerprint density at radius 3 is 3.08 bits per heavy atom. The maximum atomic E-state index is 10.6. The molecule has 1 heteroatoms. The second-order valence-electron chi connectivity index (χ2n) is 3.37. The van der Waals surface area contributed by atoms with Gasteiger partial charge in [0.15, 0.2) is 0 Å². The van der Waals surface area contributed by atoms with Crippen molar-refractivity contribution in [1.29, 1.82) is 0 Å². The molecule has 0 spiro atoms. The van der Waals surface area contributed by atoms with Crippen LogP contribution in [0.4, 0.5) is 0 Å². The number of aryl methyl sites for hydroxylation is 1. The summed E-state index contributed by atoms with van der Waals surface area (Å²) in [5.74, 6) is 0. The van der Waals surface area contributed by atoms with Gasteiger partial charge >= 0.3 is 0 Å². The zero-order valence-corrected chi connectivity index (χ0v) is 7.49. The molecule has 0 aliphatic heterocycles. The molecule has 0 fully saturated rings. The minimum atomic E-state index is 0.786. The van der Waals surface area contributed by atoms with Gasteiger partial charge in [0.1, 0.15) is 6.29 Å². The molecule has 0 unspecified atom stereocenters. The maximum Gasteiger partial charge on any atom is 0.150 e. The van der Waals surface area contributed by atoms with Crippen molar-refractivity contribution < 1.29 is 4.79 Å². The third-order valence-corrected chi connectivity index (χ3v) is 2.42. The highest BCUT2D eigenvalue weighted by Gasteiger charge is 2.03. The molecule has 1 aromatic rings. The Morgan fingerprint density at radius 1 is 1.31 bits per heavy atom. The van der Waals surface area contributed by atoms with Gasteiger partial charge < -0.3 is 0 Å². The summed E-state index contributed by atoms with van der Waals surface area (Å²) in [6, 6.07) is 5.90. The summed E-state index contributed by atoms with van der Waals surface area (Å²) in [6.07, 6.45) is 8.68. The number of fused-ring (bicyclic) bond motifs is 1. The highest BCUT2D eigenvalue weighted by atomic mass is 16.1. The Morgan fingerprint density at radius 2 is 2.23 bits per heavy atom. The molecule has 0 radical (unpaired) electrons. The summed E-state index contributed by atoms with van der Waals surface area (Å²) in [5, 5.41) is 0. The van der Waals surface area contributed by atoms with E-state index in [1.165, 1.54) is 17.5 Å². The maximum absolute atomic E-state index is 10.6. The fourth-order valence-corrected chi connectivity index (χ4v) is 1.70. The topological polar surface area (TPSA) is 17.1 Å². The number of aldehydes is 1. The van der Waals surface area contributed by atoms with Gasteiger partial charge in [-0.3, -0.25) is 4.79 Å². The molecule has 0 atom stereocenters. The Bertz CT molecular complexity index is 350. The Kier molecular flexibility index (Phi) is 2.26. The van der Waals surface area contributed by atoms with E-state index in [0.717, 1.165) is 24.7 Å². The summed E-state index contributed by atoms with van der Waals surface area (Å²) in [7, 11) is 0. The van der Waals surface area contributed by atoms with Crippen molar-refractivity contribution in [2.45, 2.75) is 19.3 Å². The number of rotatable bonds is 1. The first-order valence-electron chi connectivity index (χ1n) is 4.65. The first-order chi connectivity index (χ1) is 6.40. The fourth-order valence-electron chi connectivity index (χ4n) is 1.70. The van der Waals surface area contributed by atoms with Crippen molar-refractivity contribution in [2.75, 3.05) is 0 Å². The van der Waals surface area contributed by atoms with Gasteiger partial charge in [-0.1, -0.05) is 24.3 Å². The third kappa shape index (κ3) is 1.69. The lowest BCUT2D eigenvalue weighted by Gasteiger charge is -2.03. The van der Waals surface area contributed by atoms with Gasteiger partial charge in [0.25, 0.3) is 0 Å². The Balaban J connectivity index is 2.45. The summed E-state index contributed by atoms with van der Waals surface area (Å²) < 4.78 is 0. The van der Waals surface area contributed by atoms with Gasteiger partial charge in [-0.2, -0.15) is 0 Å². The van der Waals surface area contributed by atoms with Crippen molar-refractivity contribution in [3.63, 3.8) is 0 Å². The lowest BCUT2D eigenvalue weighted by Crippen LogP contribution is -1.90. The lowest BCUT2D eigenvalue weighted by atomic mass is 10.0. The van der Waals surface area contributed by atoms with Crippen LogP contribution < -0.4 is 0 Å². The predicted octanol–water partition coefficient (Wildman–Crippen LogP) is 2.85. The average molecular weight is 172 g/mol. The fraction of sp³-hybridized carbons (Fsp3) is 0.250. The second kappa shape index (κ2) is 3.56. The zero-order chi connectivity index (χ0) is 9.10. The molecule has 1 aliphatic rings. The SMILES string of the molecule is O=Cc1ccc2c(c1)CCCC=C2. The summed E-state index contributed by atoms with van der Waals surface area (Å²) in [5.41, 5.74) is 3.36. The standard InChI is InChI=1S/C12H12O/c13-9-10-6-7-11-4-2-1-3-5-12(11)8-10/h2,4,6-9H,1,3,5H2. The van der Waals surface area contributed by atoms with Crippen LogP contribution in [0.3, 0.4) is 0 Å². The van der Waals surface area contributed by atoms with Crippen molar-refractivity contribution in [2.24, 2.45) is 0 Å². The Labute approximate surface area is 78.1 Å². The normalized spacial score (nSPS) is 14.8. The summed E-state index contributed by atoms with van der Waals surface area (Å²) in [4.78, 5) is 10.6. The molecule has 1 nitrogen and oxygen atoms in total. The van der Waals surface area contributed by atoms with Crippen LogP contribution in [0, 0.1) is 0 Å². The number of carbonyl (C=O) groups is 1. The van der Waals surface area contributed by atoms with E-state index in [1.807, 2.05) is 18.2 Å². The highest BCUT2D eigenvalue weighted by Crippen LogP contribution is 2.19. The van der Waals surface area contributed by atoms with Crippen LogP contribution in [-0.4, -0.2) is 6.29 Å². The van der Waals surface area contributed by atoms with Gasteiger partial charge in [0, 0.05) is 5.56 Å². The van der Waals surface area contributed by atoms with E-state index in [9.17, 15) is 4.79 Å². The first kappa shape index (κ1) is 8.24. The van der Waals surface area contributed by atoms with Crippen molar-refractivity contribution in [3.8, 4) is 0 Å². The van der Waals surface area contributed by atoms with Crippen molar-refractivity contribution in [1.82, 2.24) is 0 Å². The zero-order valence-electron chi connectivity index (χ0n) is 7.49. The Hall–Kier alpha value is -1.37. The van der Waals surface area contributed by atoms with Gasteiger partial charge in [0.05, 0.1) is 0 Å². The molecular weight excluding hydrogens is 160 g/mol. The average Bonchev–Trinajstić information content (AvgIpc) is 2.41. The summed E-state index contributed by atoms with van der Waals surface area (Å²) in [6.45, 7) is 0. The molecule has 0 bridgehead atoms. The quantitative estimate of drug-likeness (QED) is 0.595. The number of carbonyl (C=O) groups excluding carboxylic acids is 1. The minimum Gasteiger partial charge on any atom is -0.298 e. The predicted molar refractivity (Wildman–Crippen MR) is 53.8 cm³/mol. The summed E-state index contributed by atoms with van der Waals surface area (Å²) >= 11 is 0. The van der Waals surface area contributed by atoms with Crippen LogP contribution >= 0.6 is 0 Å². The van der Waals surface area contributed by atoms with E-state index in [1.54, 1.807) is 0 Å². The number of allylic oxidation sites excluding steroid dienone is 1. The van der Waals surface area contributed by atoms with Crippen LogP contribution in [0.25, 0.3) is 6.08 Å². The van der Waals surface area contributed by atoms with Crippen LogP contribution in [-0.2, 0) is 6.42 Å². The molecule has 1 aliphatic carbocycles. The molecule has 0 saturated heterocycles. The minimum absolute atomic E-state index is 0.786. The van der Waals surface area contributed by atoms with Crippen molar-refractivity contribution >= 4 is 12.4 Å². The van der Waals surface area contributed by atoms with Gasteiger partial charge in [0.2, 0.25) is 0 Å². The van der Waals surface area contributed by atoms with Gasteiger partial charge in [-0.05, 0) is 36.5 Å². The molecule has 0 saturated carbocycles. The van der Waals surface area contributed by atoms with Crippen molar-refractivity contribution in [3.05, 3.63) is 41.0 Å². The van der Waals surface area contributed by atoms with Crippen LogP contribution in [0.2, 0.25) is 0 Å². The van der Waals surface area contributed by atoms with E-state index in [4.69, 9.17) is 0 Å². The number of hydrogen-bond donors (Lipinski definition) is 0. The second-order valence-corrected chi connectivity index (χ2v) is 3.37. The molecular formula is C12H12O. The van der Waals surface area contributed by atoms with Crippen LogP contribution in [0.15, 0.2) is 24.3 Å². The molecule has 66 valence electrons. The highest BCUT2D eigenvalue weighted by molar-refractivity contribution is 5.76. The van der Waals surface area contributed by atoms with Gasteiger partial charge in [-0.15, -0.1) is 0 Å². The smallest absolute Gasteiger partial charge is 0.150 e. The van der Waals surface area contributed by atoms with E-state index in [0.29, 0.717) is 0 Å². The molecule has 13 heavy (non-hydrogen) atoms. The third-order valence-electron chi connectivity index (χ3n) is 2.42. The molecule has 0 aromatic heterocycles. The first-order valence-corrected chi connectivity index (χ1v) is 4.65. The van der Waals surface area contributed by atoms with E-state index in [2.05, 4.69) is 12.2 Å².